The van der Waals surface area contributed by atoms with E-state index in [1.807, 2.05) is 24.3 Å². The van der Waals surface area contributed by atoms with Crippen molar-refractivity contribution in [1.29, 1.82) is 0 Å². The molecule has 0 bridgehead atoms. The van der Waals surface area contributed by atoms with Crippen molar-refractivity contribution in [2.75, 3.05) is 0 Å². The third-order valence-corrected chi connectivity index (χ3v) is 2.76. The van der Waals surface area contributed by atoms with Crippen LogP contribution in [0.3, 0.4) is 0 Å². The summed E-state index contributed by atoms with van der Waals surface area (Å²) in [5, 5.41) is 10.2. The van der Waals surface area contributed by atoms with Gasteiger partial charge in [-0.1, -0.05) is 29.8 Å². The van der Waals surface area contributed by atoms with Crippen LogP contribution in [0.25, 0.3) is 11.3 Å². The minimum absolute atomic E-state index is 0.851. The Hall–Kier alpha value is -1.67. The molecule has 0 aliphatic heterocycles. The highest BCUT2D eigenvalue weighted by Crippen LogP contribution is 2.29. The van der Waals surface area contributed by atoms with Gasteiger partial charge in [-0.25, -0.2) is 0 Å². The summed E-state index contributed by atoms with van der Waals surface area (Å²) in [4.78, 5) is 4.40. The summed E-state index contributed by atoms with van der Waals surface area (Å²) in [6.07, 6.45) is 1.76. The molecule has 0 radical (unpaired) electrons. The summed E-state index contributed by atoms with van der Waals surface area (Å²) in [5.74, 6) is 0. The van der Waals surface area contributed by atoms with Gasteiger partial charge in [0.15, 0.2) is 0 Å². The first-order chi connectivity index (χ1) is 7.98. The van der Waals surface area contributed by atoms with Crippen molar-refractivity contribution in [3.8, 4) is 11.3 Å². The van der Waals surface area contributed by atoms with Crippen molar-refractivity contribution in [3.63, 3.8) is 0 Å². The SMILES string of the molecule is Cc1cccc(-c2ncccc2C(C)(C)O)c1. The lowest BCUT2D eigenvalue weighted by atomic mass is 9.93. The van der Waals surface area contributed by atoms with Crippen molar-refractivity contribution in [1.82, 2.24) is 4.98 Å². The maximum atomic E-state index is 10.2. The van der Waals surface area contributed by atoms with Crippen LogP contribution in [0.5, 0.6) is 0 Å². The van der Waals surface area contributed by atoms with Gasteiger partial charge >= 0.3 is 0 Å². The maximum Gasteiger partial charge on any atom is 0.0861 e. The van der Waals surface area contributed by atoms with Gasteiger partial charge < -0.3 is 5.11 Å². The van der Waals surface area contributed by atoms with Crippen LogP contribution in [0.2, 0.25) is 0 Å². The molecule has 88 valence electrons. The zero-order valence-corrected chi connectivity index (χ0v) is 10.4. The Morgan fingerprint density at radius 2 is 1.88 bits per heavy atom. The fourth-order valence-corrected chi connectivity index (χ4v) is 1.92. The van der Waals surface area contributed by atoms with E-state index in [0.717, 1.165) is 16.8 Å². The third kappa shape index (κ3) is 2.53. The van der Waals surface area contributed by atoms with E-state index in [2.05, 4.69) is 24.0 Å². The van der Waals surface area contributed by atoms with Crippen molar-refractivity contribution < 1.29 is 5.11 Å². The average Bonchev–Trinajstić information content (AvgIpc) is 2.28. The first-order valence-electron chi connectivity index (χ1n) is 5.73. The second-order valence-corrected chi connectivity index (χ2v) is 4.83. The number of rotatable bonds is 2. The summed E-state index contributed by atoms with van der Waals surface area (Å²) in [5.41, 5.74) is 3.06. The second kappa shape index (κ2) is 4.30. The largest absolute Gasteiger partial charge is 0.386 e. The molecule has 17 heavy (non-hydrogen) atoms. The molecule has 0 aliphatic rings. The second-order valence-electron chi connectivity index (χ2n) is 4.83. The number of pyridine rings is 1. The fraction of sp³-hybridized carbons (Fsp3) is 0.267. The van der Waals surface area contributed by atoms with Gasteiger partial charge in [-0.05, 0) is 32.9 Å². The molecule has 1 heterocycles. The van der Waals surface area contributed by atoms with Crippen LogP contribution >= 0.6 is 0 Å². The smallest absolute Gasteiger partial charge is 0.0861 e. The normalized spacial score (nSPS) is 11.5. The molecule has 0 saturated carbocycles. The molecular formula is C15H17NO. The lowest BCUT2D eigenvalue weighted by Gasteiger charge is -2.20. The van der Waals surface area contributed by atoms with Crippen molar-refractivity contribution in [2.24, 2.45) is 0 Å². The Morgan fingerprint density at radius 1 is 1.12 bits per heavy atom. The lowest BCUT2D eigenvalue weighted by Crippen LogP contribution is -2.17. The number of nitrogens with zero attached hydrogens (tertiary/aromatic N) is 1. The molecule has 1 N–H and O–H groups in total. The number of aromatic nitrogens is 1. The van der Waals surface area contributed by atoms with Gasteiger partial charge in [0.05, 0.1) is 11.3 Å². The number of hydrogen-bond donors (Lipinski definition) is 1. The van der Waals surface area contributed by atoms with Gasteiger partial charge in [0.1, 0.15) is 0 Å². The van der Waals surface area contributed by atoms with Gasteiger partial charge in [-0.2, -0.15) is 0 Å². The predicted octanol–water partition coefficient (Wildman–Crippen LogP) is 3.28. The van der Waals surface area contributed by atoms with Crippen LogP contribution in [-0.4, -0.2) is 10.1 Å². The van der Waals surface area contributed by atoms with E-state index in [1.54, 1.807) is 20.0 Å². The minimum Gasteiger partial charge on any atom is -0.386 e. The van der Waals surface area contributed by atoms with Crippen LogP contribution in [-0.2, 0) is 5.60 Å². The molecule has 0 amide bonds. The van der Waals surface area contributed by atoms with Gasteiger partial charge in [-0.3, -0.25) is 4.98 Å². The number of benzene rings is 1. The van der Waals surface area contributed by atoms with Gasteiger partial charge in [-0.15, -0.1) is 0 Å². The third-order valence-electron chi connectivity index (χ3n) is 2.76. The summed E-state index contributed by atoms with van der Waals surface area (Å²) < 4.78 is 0. The number of aryl methyl sites for hydroxylation is 1. The fourth-order valence-electron chi connectivity index (χ4n) is 1.92. The molecule has 0 fully saturated rings. The minimum atomic E-state index is -0.882. The topological polar surface area (TPSA) is 33.1 Å². The summed E-state index contributed by atoms with van der Waals surface area (Å²) in [6.45, 7) is 5.61. The number of hydrogen-bond acceptors (Lipinski definition) is 2. The van der Waals surface area contributed by atoms with Crippen LogP contribution < -0.4 is 0 Å². The van der Waals surface area contributed by atoms with E-state index in [0.29, 0.717) is 0 Å². The van der Waals surface area contributed by atoms with E-state index >= 15 is 0 Å². The molecule has 0 spiro atoms. The van der Waals surface area contributed by atoms with Crippen molar-refractivity contribution in [2.45, 2.75) is 26.4 Å². The Morgan fingerprint density at radius 3 is 2.53 bits per heavy atom. The molecule has 2 rings (SSSR count). The molecule has 2 nitrogen and oxygen atoms in total. The van der Waals surface area contributed by atoms with Crippen LogP contribution in [0.4, 0.5) is 0 Å². The molecule has 0 unspecified atom stereocenters. The van der Waals surface area contributed by atoms with Crippen molar-refractivity contribution >= 4 is 0 Å². The molecule has 0 aliphatic carbocycles. The summed E-state index contributed by atoms with van der Waals surface area (Å²) in [7, 11) is 0. The van der Waals surface area contributed by atoms with Gasteiger partial charge in [0.25, 0.3) is 0 Å². The molecule has 1 aromatic carbocycles. The average molecular weight is 227 g/mol. The highest BCUT2D eigenvalue weighted by Gasteiger charge is 2.21. The van der Waals surface area contributed by atoms with E-state index in [1.165, 1.54) is 5.56 Å². The lowest BCUT2D eigenvalue weighted by molar-refractivity contribution is 0.0789. The monoisotopic (exact) mass is 227 g/mol. The van der Waals surface area contributed by atoms with Gasteiger partial charge in [0, 0.05) is 17.3 Å². The highest BCUT2D eigenvalue weighted by molar-refractivity contribution is 5.64. The van der Waals surface area contributed by atoms with E-state index in [-0.39, 0.29) is 0 Å². The summed E-state index contributed by atoms with van der Waals surface area (Å²) in [6, 6.07) is 11.9. The van der Waals surface area contributed by atoms with Crippen LogP contribution in [0.1, 0.15) is 25.0 Å². The van der Waals surface area contributed by atoms with E-state index < -0.39 is 5.60 Å². The van der Waals surface area contributed by atoms with E-state index in [4.69, 9.17) is 0 Å². The zero-order valence-electron chi connectivity index (χ0n) is 10.4. The Kier molecular flexibility index (Phi) is 2.99. The molecule has 2 aromatic rings. The molecule has 0 atom stereocenters. The van der Waals surface area contributed by atoms with Crippen molar-refractivity contribution in [3.05, 3.63) is 53.7 Å². The first-order valence-corrected chi connectivity index (χ1v) is 5.73. The highest BCUT2D eigenvalue weighted by atomic mass is 16.3. The molecular weight excluding hydrogens is 210 g/mol. The predicted molar refractivity (Wildman–Crippen MR) is 69.7 cm³/mol. The first kappa shape index (κ1) is 11.8. The Bertz CT molecular complexity index is 526. The van der Waals surface area contributed by atoms with Gasteiger partial charge in [0.2, 0.25) is 0 Å². The maximum absolute atomic E-state index is 10.2. The van der Waals surface area contributed by atoms with Crippen LogP contribution in [0.15, 0.2) is 42.6 Å². The Balaban J connectivity index is 2.60. The van der Waals surface area contributed by atoms with Crippen LogP contribution in [0, 0.1) is 6.92 Å². The molecule has 1 aromatic heterocycles. The quantitative estimate of drug-likeness (QED) is 0.854. The zero-order chi connectivity index (χ0) is 12.5. The number of aliphatic hydroxyl groups is 1. The molecule has 2 heteroatoms. The standard InChI is InChI=1S/C15H17NO/c1-11-6-4-7-12(10-11)14-13(15(2,3)17)8-5-9-16-14/h4-10,17H,1-3H3. The molecule has 0 saturated heterocycles. The Labute approximate surface area is 102 Å². The van der Waals surface area contributed by atoms with E-state index in [9.17, 15) is 5.11 Å². The summed E-state index contributed by atoms with van der Waals surface area (Å²) >= 11 is 0.